The van der Waals surface area contributed by atoms with Gasteiger partial charge >= 0.3 is 0 Å². The first-order chi connectivity index (χ1) is 18.2. The lowest BCUT2D eigenvalue weighted by atomic mass is 9.90. The lowest BCUT2D eigenvalue weighted by molar-refractivity contribution is 0.153. The van der Waals surface area contributed by atoms with Gasteiger partial charge in [-0.15, -0.1) is 0 Å². The third kappa shape index (κ3) is 5.33. The molecule has 3 N–H and O–H groups in total. The summed E-state index contributed by atoms with van der Waals surface area (Å²) in [4.78, 5) is 23.3. The number of H-pyrrole nitrogens is 2. The van der Waals surface area contributed by atoms with Crippen molar-refractivity contribution in [2.75, 3.05) is 0 Å². The largest absolute Gasteiger partial charge is 0.347 e. The first-order valence-electron chi connectivity index (χ1n) is 13.1. The highest BCUT2D eigenvalue weighted by Gasteiger charge is 2.28. The smallest absolute Gasteiger partial charge is 0.122 e. The van der Waals surface area contributed by atoms with Gasteiger partial charge in [0, 0.05) is 31.7 Å². The molecule has 3 aromatic heterocycles. The molecule has 0 bridgehead atoms. The molecule has 37 heavy (non-hydrogen) atoms. The summed E-state index contributed by atoms with van der Waals surface area (Å²) in [7, 11) is 0. The molecule has 7 nitrogen and oxygen atoms in total. The van der Waals surface area contributed by atoms with Gasteiger partial charge in [-0.25, -0.2) is 9.97 Å². The lowest BCUT2D eigenvalue weighted by Gasteiger charge is -2.34. The minimum Gasteiger partial charge on any atom is -0.347 e. The molecule has 1 aliphatic carbocycles. The van der Waals surface area contributed by atoms with Crippen LogP contribution in [0.1, 0.15) is 65.9 Å². The Labute approximate surface area is 217 Å². The Kier molecular flexibility index (Phi) is 6.80. The van der Waals surface area contributed by atoms with E-state index in [4.69, 9.17) is 9.97 Å². The van der Waals surface area contributed by atoms with Crippen molar-refractivity contribution in [2.24, 2.45) is 0 Å². The van der Waals surface area contributed by atoms with Crippen LogP contribution >= 0.6 is 0 Å². The molecule has 0 aliphatic heterocycles. The standard InChI is InChI=1S/C30H33N7/c1-21(30-32-16-17-33-30)34-18-22-11-13-23(14-12-22)19-37(20-28-35-25-8-2-3-9-26(25)36-28)27-10-4-6-24-7-5-15-31-29(24)27/h2-3,5,7-9,11-17,21,27,34H,4,6,10,18-20H2,1H3,(H,32,33)(H,35,36). The quantitative estimate of drug-likeness (QED) is 0.249. The first-order valence-corrected chi connectivity index (χ1v) is 13.1. The van der Waals surface area contributed by atoms with Crippen LogP contribution in [0.2, 0.25) is 0 Å². The van der Waals surface area contributed by atoms with Crippen LogP contribution in [0.5, 0.6) is 0 Å². The molecule has 5 aromatic rings. The zero-order valence-electron chi connectivity index (χ0n) is 21.2. The van der Waals surface area contributed by atoms with Crippen LogP contribution in [0, 0.1) is 0 Å². The second kappa shape index (κ2) is 10.7. The number of fused-ring (bicyclic) bond motifs is 2. The normalized spacial score (nSPS) is 16.2. The Morgan fingerprint density at radius 3 is 2.68 bits per heavy atom. The topological polar surface area (TPSA) is 85.5 Å². The molecular formula is C30H33N7. The molecule has 7 heteroatoms. The van der Waals surface area contributed by atoms with E-state index in [0.717, 1.165) is 55.2 Å². The maximum atomic E-state index is 4.89. The number of nitrogens with zero attached hydrogens (tertiary/aromatic N) is 4. The summed E-state index contributed by atoms with van der Waals surface area (Å²) < 4.78 is 0. The minimum absolute atomic E-state index is 0.174. The van der Waals surface area contributed by atoms with Gasteiger partial charge in [0.25, 0.3) is 0 Å². The van der Waals surface area contributed by atoms with E-state index in [9.17, 15) is 0 Å². The third-order valence-electron chi connectivity index (χ3n) is 7.35. The summed E-state index contributed by atoms with van der Waals surface area (Å²) in [5, 5.41) is 3.54. The van der Waals surface area contributed by atoms with Gasteiger partial charge < -0.3 is 15.3 Å². The Morgan fingerprint density at radius 1 is 0.973 bits per heavy atom. The summed E-state index contributed by atoms with van der Waals surface area (Å²) >= 11 is 0. The molecule has 1 aliphatic rings. The molecule has 6 rings (SSSR count). The number of pyridine rings is 1. The van der Waals surface area contributed by atoms with E-state index in [0.29, 0.717) is 0 Å². The molecule has 0 saturated carbocycles. The average Bonchev–Trinajstić information content (AvgIpc) is 3.62. The second-order valence-electron chi connectivity index (χ2n) is 9.95. The Hall–Kier alpha value is -3.81. The van der Waals surface area contributed by atoms with E-state index in [1.54, 1.807) is 6.20 Å². The highest BCUT2D eigenvalue weighted by Crippen LogP contribution is 2.34. The number of rotatable bonds is 9. The highest BCUT2D eigenvalue weighted by molar-refractivity contribution is 5.74. The number of hydrogen-bond donors (Lipinski definition) is 3. The van der Waals surface area contributed by atoms with E-state index in [-0.39, 0.29) is 12.1 Å². The van der Waals surface area contributed by atoms with Crippen LogP contribution in [-0.2, 0) is 26.1 Å². The molecule has 0 saturated heterocycles. The summed E-state index contributed by atoms with van der Waals surface area (Å²) in [6, 6.07) is 21.9. The third-order valence-corrected chi connectivity index (χ3v) is 7.35. The number of imidazole rings is 2. The van der Waals surface area contributed by atoms with Crippen LogP contribution in [-0.4, -0.2) is 29.8 Å². The van der Waals surface area contributed by atoms with Gasteiger partial charge in [-0.05, 0) is 61.1 Å². The first kappa shape index (κ1) is 23.6. The van der Waals surface area contributed by atoms with E-state index in [2.05, 4.69) is 86.7 Å². The Bertz CT molecular complexity index is 1410. The lowest BCUT2D eigenvalue weighted by Crippen LogP contribution is -2.31. The van der Waals surface area contributed by atoms with Gasteiger partial charge in [-0.1, -0.05) is 42.5 Å². The van der Waals surface area contributed by atoms with Crippen molar-refractivity contribution < 1.29 is 0 Å². The molecule has 0 spiro atoms. The summed E-state index contributed by atoms with van der Waals surface area (Å²) in [6.07, 6.45) is 8.98. The summed E-state index contributed by atoms with van der Waals surface area (Å²) in [6.45, 7) is 4.51. The summed E-state index contributed by atoms with van der Waals surface area (Å²) in [5.41, 5.74) is 7.25. The van der Waals surface area contributed by atoms with Crippen LogP contribution in [0.15, 0.2) is 79.3 Å². The van der Waals surface area contributed by atoms with Crippen molar-refractivity contribution in [3.8, 4) is 0 Å². The predicted molar refractivity (Wildman–Crippen MR) is 146 cm³/mol. The molecule has 188 valence electrons. The van der Waals surface area contributed by atoms with Gasteiger partial charge in [0.1, 0.15) is 11.6 Å². The number of aryl methyl sites for hydroxylation is 1. The number of para-hydroxylation sites is 2. The van der Waals surface area contributed by atoms with Crippen molar-refractivity contribution in [3.63, 3.8) is 0 Å². The average molecular weight is 492 g/mol. The monoisotopic (exact) mass is 491 g/mol. The predicted octanol–water partition coefficient (Wildman–Crippen LogP) is 5.61. The fourth-order valence-electron chi connectivity index (χ4n) is 5.37. The van der Waals surface area contributed by atoms with Crippen molar-refractivity contribution in [1.82, 2.24) is 35.1 Å². The van der Waals surface area contributed by atoms with E-state index in [1.807, 2.05) is 18.5 Å². The summed E-state index contributed by atoms with van der Waals surface area (Å²) in [5.74, 6) is 1.95. The SMILES string of the molecule is CC(NCc1ccc(CN(Cc2nc3ccccc3[nH]2)C2CCCc3cccnc32)cc1)c1ncc[nH]1. The molecule has 0 radical (unpaired) electrons. The van der Waals surface area contributed by atoms with Gasteiger partial charge in [0.2, 0.25) is 0 Å². The molecule has 2 aromatic carbocycles. The van der Waals surface area contributed by atoms with Gasteiger partial charge in [-0.3, -0.25) is 9.88 Å². The van der Waals surface area contributed by atoms with Gasteiger partial charge in [0.15, 0.2) is 0 Å². The number of benzene rings is 2. The van der Waals surface area contributed by atoms with Gasteiger partial charge in [-0.2, -0.15) is 0 Å². The second-order valence-corrected chi connectivity index (χ2v) is 9.95. The fraction of sp³-hybridized carbons (Fsp3) is 0.300. The minimum atomic E-state index is 0.174. The fourth-order valence-corrected chi connectivity index (χ4v) is 5.37. The number of aromatic nitrogens is 5. The van der Waals surface area contributed by atoms with E-state index < -0.39 is 0 Å². The van der Waals surface area contributed by atoms with Crippen LogP contribution in [0.4, 0.5) is 0 Å². The van der Waals surface area contributed by atoms with Crippen LogP contribution < -0.4 is 5.32 Å². The van der Waals surface area contributed by atoms with Gasteiger partial charge in [0.05, 0.1) is 35.4 Å². The van der Waals surface area contributed by atoms with E-state index >= 15 is 0 Å². The molecule has 3 heterocycles. The highest BCUT2D eigenvalue weighted by atomic mass is 15.2. The molecule has 0 fully saturated rings. The van der Waals surface area contributed by atoms with Crippen LogP contribution in [0.3, 0.4) is 0 Å². The zero-order valence-corrected chi connectivity index (χ0v) is 21.2. The maximum absolute atomic E-state index is 4.89. The van der Waals surface area contributed by atoms with Crippen molar-refractivity contribution in [3.05, 3.63) is 113 Å². The Morgan fingerprint density at radius 2 is 1.84 bits per heavy atom. The molecule has 2 atom stereocenters. The van der Waals surface area contributed by atoms with E-state index in [1.165, 1.54) is 28.8 Å². The van der Waals surface area contributed by atoms with Crippen molar-refractivity contribution in [2.45, 2.75) is 57.9 Å². The number of nitrogens with one attached hydrogen (secondary N) is 3. The van der Waals surface area contributed by atoms with Crippen molar-refractivity contribution >= 4 is 11.0 Å². The number of hydrogen-bond acceptors (Lipinski definition) is 5. The molecular weight excluding hydrogens is 458 g/mol. The molecule has 2 unspecified atom stereocenters. The van der Waals surface area contributed by atoms with Crippen LogP contribution in [0.25, 0.3) is 11.0 Å². The zero-order chi connectivity index (χ0) is 25.0. The number of aromatic amines is 2. The molecule has 0 amide bonds. The van der Waals surface area contributed by atoms with Crippen molar-refractivity contribution in [1.29, 1.82) is 0 Å². The Balaban J connectivity index is 1.21. The maximum Gasteiger partial charge on any atom is 0.122 e.